The summed E-state index contributed by atoms with van der Waals surface area (Å²) in [5.41, 5.74) is 30.6. The van der Waals surface area contributed by atoms with E-state index in [1.807, 2.05) is 0 Å². The molecule has 0 fully saturated rings. The maximum absolute atomic E-state index is 2.50. The molecule has 1 spiro atoms. The minimum Gasteiger partial charge on any atom is -0.310 e. The molecule has 0 radical (unpaired) electrons. The van der Waals surface area contributed by atoms with Gasteiger partial charge >= 0.3 is 0 Å². The van der Waals surface area contributed by atoms with Crippen LogP contribution >= 0.6 is 0 Å². The van der Waals surface area contributed by atoms with Crippen molar-refractivity contribution in [2.75, 3.05) is 9.80 Å². The Morgan fingerprint density at radius 3 is 0.840 bits per heavy atom. The van der Waals surface area contributed by atoms with Crippen molar-refractivity contribution in [1.29, 1.82) is 0 Å². The average Bonchev–Trinajstić information content (AvgIpc) is 2.54. The molecule has 0 aromatic heterocycles. The first-order chi connectivity index (χ1) is 39.6. The summed E-state index contributed by atoms with van der Waals surface area (Å²) in [4.78, 5) is 4.73. The van der Waals surface area contributed by atoms with Gasteiger partial charge in [0.25, 0.3) is 0 Å². The predicted octanol–water partition coefficient (Wildman–Crippen LogP) is 20.6. The highest BCUT2D eigenvalue weighted by Gasteiger charge is 2.47. The van der Waals surface area contributed by atoms with Crippen LogP contribution in [0.4, 0.5) is 34.1 Å². The lowest BCUT2D eigenvalue weighted by Gasteiger charge is -2.28. The first-order valence-corrected chi connectivity index (χ1v) is 28.7. The Bertz CT molecular complexity index is 3970. The molecule has 388 valence electrons. The fraction of sp³-hybridized carbons (Fsp3) is 0.114. The Morgan fingerprint density at radius 1 is 0.259 bits per heavy atom. The lowest BCUT2D eigenvalue weighted by atomic mass is 9.75. The van der Waals surface area contributed by atoms with Crippen molar-refractivity contribution in [3.63, 3.8) is 0 Å². The third kappa shape index (κ3) is 7.99. The largest absolute Gasteiger partial charge is 0.310 e. The van der Waals surface area contributed by atoms with Crippen LogP contribution in [-0.4, -0.2) is 0 Å². The summed E-state index contributed by atoms with van der Waals surface area (Å²) in [5.74, 6) is 0. The zero-order chi connectivity index (χ0) is 54.5. The molecular formula is C79H62N2. The maximum Gasteiger partial charge on any atom is 0.0465 e. The number of hydrogen-bond donors (Lipinski definition) is 0. The Kier molecular flexibility index (Phi) is 11.3. The monoisotopic (exact) mass is 1040 g/mol. The molecule has 0 amide bonds. The van der Waals surface area contributed by atoms with Crippen molar-refractivity contribution in [2.24, 2.45) is 0 Å². The maximum atomic E-state index is 2.50. The highest BCUT2D eigenvalue weighted by atomic mass is 15.1. The minimum atomic E-state index is -0.175. The summed E-state index contributed by atoms with van der Waals surface area (Å²) in [6.45, 7) is 9.54. The van der Waals surface area contributed by atoms with Gasteiger partial charge in [-0.05, 0) is 186 Å². The second-order valence-electron chi connectivity index (χ2n) is 23.8. The third-order valence-corrected chi connectivity index (χ3v) is 18.4. The van der Waals surface area contributed by atoms with E-state index < -0.39 is 0 Å². The summed E-state index contributed by atoms with van der Waals surface area (Å²) in [5, 5.41) is 0. The fourth-order valence-corrected chi connectivity index (χ4v) is 14.3. The molecule has 0 aliphatic heterocycles. The van der Waals surface area contributed by atoms with Crippen LogP contribution < -0.4 is 9.80 Å². The molecule has 4 aliphatic rings. The zero-order valence-corrected chi connectivity index (χ0v) is 46.4. The molecule has 0 heterocycles. The topological polar surface area (TPSA) is 6.48 Å². The van der Waals surface area contributed by atoms with Crippen LogP contribution in [0.5, 0.6) is 0 Å². The lowest BCUT2D eigenvalue weighted by Crippen LogP contribution is -2.26. The van der Waals surface area contributed by atoms with Crippen LogP contribution in [0.2, 0.25) is 0 Å². The van der Waals surface area contributed by atoms with Crippen LogP contribution in [0.3, 0.4) is 0 Å². The van der Waals surface area contributed by atoms with Crippen LogP contribution in [0.25, 0.3) is 57.7 Å². The molecule has 11 aromatic carbocycles. The number of hydrogen-bond acceptors (Lipinski definition) is 2. The normalized spacial score (nSPS) is 15.0. The molecule has 0 N–H and O–H groups in total. The van der Waals surface area contributed by atoms with Gasteiger partial charge in [0.1, 0.15) is 0 Å². The number of rotatable bonds is 10. The van der Waals surface area contributed by atoms with Gasteiger partial charge in [-0.15, -0.1) is 0 Å². The summed E-state index contributed by atoms with van der Waals surface area (Å²) in [6, 6.07) is 94.6. The Hall–Kier alpha value is -9.50. The first-order valence-electron chi connectivity index (χ1n) is 28.7. The van der Waals surface area contributed by atoms with Crippen LogP contribution in [-0.2, 0) is 29.1 Å². The van der Waals surface area contributed by atoms with Crippen molar-refractivity contribution in [2.45, 2.75) is 56.8 Å². The molecule has 81 heavy (non-hydrogen) atoms. The van der Waals surface area contributed by atoms with E-state index in [4.69, 9.17) is 0 Å². The second kappa shape index (κ2) is 18.8. The van der Waals surface area contributed by atoms with Crippen LogP contribution in [0, 0.1) is 0 Å². The molecular weight excluding hydrogens is 977 g/mol. The van der Waals surface area contributed by atoms with Gasteiger partial charge in [-0.3, -0.25) is 0 Å². The Morgan fingerprint density at radius 2 is 0.519 bits per heavy atom. The standard InChI is InChI=1S/C79H62N2/c1-77(2)71-45-53(33-39-65(71)67-43-37-63(49-73(67)77)80(59-21-9-5-10-22-59)60-23-11-6-12-24-60)29-31-55-35-41-69-70-42-36-56(48-76(70)79(75(69)47-55)51-57-19-17-18-20-58(57)52-79)32-30-54-34-40-66-68-44-38-64(50-74(68)78(3,4)72(66)46-54)81(61-25-13-7-14-26-61)62-27-15-8-16-28-62/h5-50H,51-52H2,1-4H3. The van der Waals surface area contributed by atoms with E-state index in [2.05, 4.69) is 317 Å². The van der Waals surface area contributed by atoms with Gasteiger partial charge in [-0.25, -0.2) is 0 Å². The van der Waals surface area contributed by atoms with Crippen molar-refractivity contribution < 1.29 is 0 Å². The molecule has 2 nitrogen and oxygen atoms in total. The smallest absolute Gasteiger partial charge is 0.0465 e. The van der Waals surface area contributed by atoms with Gasteiger partial charge in [0.05, 0.1) is 0 Å². The molecule has 0 saturated heterocycles. The summed E-state index contributed by atoms with van der Waals surface area (Å²) >= 11 is 0. The van der Waals surface area contributed by atoms with E-state index in [-0.39, 0.29) is 16.2 Å². The van der Waals surface area contributed by atoms with Gasteiger partial charge in [0, 0.05) is 50.4 Å². The molecule has 0 atom stereocenters. The number of nitrogens with zero attached hydrogens (tertiary/aromatic N) is 2. The summed E-state index contributed by atoms with van der Waals surface area (Å²) in [7, 11) is 0. The number of benzene rings is 11. The fourth-order valence-electron chi connectivity index (χ4n) is 14.3. The van der Waals surface area contributed by atoms with Gasteiger partial charge < -0.3 is 9.80 Å². The van der Waals surface area contributed by atoms with E-state index in [9.17, 15) is 0 Å². The van der Waals surface area contributed by atoms with Gasteiger partial charge in [0.15, 0.2) is 0 Å². The lowest BCUT2D eigenvalue weighted by molar-refractivity contribution is 0.563. The first kappa shape index (κ1) is 48.6. The molecule has 0 unspecified atom stereocenters. The number of anilines is 6. The van der Waals surface area contributed by atoms with Crippen molar-refractivity contribution in [1.82, 2.24) is 0 Å². The van der Waals surface area contributed by atoms with Gasteiger partial charge in [0.2, 0.25) is 0 Å². The molecule has 15 rings (SSSR count). The zero-order valence-electron chi connectivity index (χ0n) is 46.4. The van der Waals surface area contributed by atoms with Gasteiger partial charge in [-0.1, -0.05) is 234 Å². The van der Waals surface area contributed by atoms with Crippen molar-refractivity contribution in [3.8, 4) is 33.4 Å². The molecule has 0 bridgehead atoms. The van der Waals surface area contributed by atoms with Crippen molar-refractivity contribution in [3.05, 3.63) is 322 Å². The van der Waals surface area contributed by atoms with E-state index in [1.54, 1.807) is 0 Å². The molecule has 11 aromatic rings. The SMILES string of the molecule is CC1(C)c2cc(C=Cc3ccc4c(c3)C3(Cc5ccccc5C3)c3cc(C=Cc5ccc6c(c5)C(C)(C)c5cc(N(c7ccccc7)c7ccccc7)ccc5-6)ccc3-4)ccc2-c2ccc(N(c3ccccc3)c3ccccc3)cc21. The average molecular weight is 1040 g/mol. The van der Waals surface area contributed by atoms with E-state index in [1.165, 1.54) is 112 Å². The summed E-state index contributed by atoms with van der Waals surface area (Å²) in [6.07, 6.45) is 11.3. The summed E-state index contributed by atoms with van der Waals surface area (Å²) < 4.78 is 0. The van der Waals surface area contributed by atoms with E-state index in [0.717, 1.165) is 35.6 Å². The minimum absolute atomic E-state index is 0.139. The van der Waals surface area contributed by atoms with Crippen LogP contribution in [0.1, 0.15) is 94.5 Å². The van der Waals surface area contributed by atoms with E-state index in [0.29, 0.717) is 0 Å². The quantitative estimate of drug-likeness (QED) is 0.126. The predicted molar refractivity (Wildman–Crippen MR) is 342 cm³/mol. The molecule has 0 saturated carbocycles. The molecule has 2 heteroatoms. The Balaban J connectivity index is 0.713. The highest BCUT2D eigenvalue weighted by molar-refractivity contribution is 5.91. The van der Waals surface area contributed by atoms with E-state index >= 15 is 0 Å². The van der Waals surface area contributed by atoms with Gasteiger partial charge in [-0.2, -0.15) is 0 Å². The van der Waals surface area contributed by atoms with Crippen molar-refractivity contribution >= 4 is 58.4 Å². The second-order valence-corrected chi connectivity index (χ2v) is 23.8. The third-order valence-electron chi connectivity index (χ3n) is 18.4. The van der Waals surface area contributed by atoms with Crippen LogP contribution in [0.15, 0.2) is 255 Å². The Labute approximate surface area is 477 Å². The number of fused-ring (bicyclic) bond motifs is 12. The molecule has 4 aliphatic carbocycles. The highest BCUT2D eigenvalue weighted by Crippen LogP contribution is 2.57. The number of para-hydroxylation sites is 4.